The maximum absolute atomic E-state index is 3.03. The highest BCUT2D eigenvalue weighted by atomic mass is 79.9. The van der Waals surface area contributed by atoms with E-state index in [1.54, 1.807) is 0 Å². The van der Waals surface area contributed by atoms with Crippen LogP contribution in [0.15, 0.2) is 0 Å². The van der Waals surface area contributed by atoms with Crippen molar-refractivity contribution < 1.29 is 0 Å². The Balaban J connectivity index is 2.79. The molecule has 0 aliphatic rings. The molecule has 2 heteroatoms. The minimum atomic E-state index is 1.00. The van der Waals surface area contributed by atoms with Crippen LogP contribution in [-0.2, 0) is 0 Å². The van der Waals surface area contributed by atoms with E-state index < -0.39 is 0 Å². The first-order valence-electron chi connectivity index (χ1n) is 2.58. The third-order valence-electron chi connectivity index (χ3n) is 0.642. The molecule has 0 aliphatic heterocycles. The van der Waals surface area contributed by atoms with Gasteiger partial charge in [-0.3, -0.25) is 0 Å². The minimum absolute atomic E-state index is 1.00. The number of halogens is 1. The summed E-state index contributed by atoms with van der Waals surface area (Å²) in [5.74, 6) is 5.29. The monoisotopic (exact) mass is 192 g/mol. The Morgan fingerprint density at radius 2 is 2.38 bits per heavy atom. The quantitative estimate of drug-likeness (QED) is 0.490. The molecule has 0 nitrogen and oxygen atoms in total. The molecule has 0 aromatic rings. The Kier molecular flexibility index (Phi) is 7.75. The van der Waals surface area contributed by atoms with Crippen LogP contribution < -0.4 is 0 Å². The van der Waals surface area contributed by atoms with Crippen LogP contribution in [0.3, 0.4) is 0 Å². The predicted molar refractivity (Wildman–Crippen MR) is 44.3 cm³/mol. The highest BCUT2D eigenvalue weighted by Gasteiger charge is 1.78. The van der Waals surface area contributed by atoms with Gasteiger partial charge in [-0.2, -0.15) is 11.8 Å². The first-order chi connectivity index (χ1) is 3.91. The van der Waals surface area contributed by atoms with Crippen LogP contribution in [0.1, 0.15) is 13.3 Å². The van der Waals surface area contributed by atoms with Crippen LogP contribution >= 0.6 is 27.7 Å². The van der Waals surface area contributed by atoms with Gasteiger partial charge < -0.3 is 0 Å². The van der Waals surface area contributed by atoms with Gasteiger partial charge in [-0.1, -0.05) is 12.8 Å². The standard InChI is InChI=1S/C6H9BrS/c1-2-8-6-4-3-5-7/h2,4,6H2,1H3. The van der Waals surface area contributed by atoms with E-state index in [2.05, 4.69) is 33.6 Å². The van der Waals surface area contributed by atoms with Gasteiger partial charge in [0, 0.05) is 28.1 Å². The molecule has 0 aliphatic carbocycles. The summed E-state index contributed by atoms with van der Waals surface area (Å²) < 4.78 is 0. The SMILES string of the molecule is CCSCCC#CBr. The third kappa shape index (κ3) is 6.39. The fraction of sp³-hybridized carbons (Fsp3) is 0.667. The van der Waals surface area contributed by atoms with Crippen LogP contribution in [0.5, 0.6) is 0 Å². The van der Waals surface area contributed by atoms with Crippen molar-refractivity contribution in [1.82, 2.24) is 0 Å². The lowest BCUT2D eigenvalue weighted by molar-refractivity contribution is 1.29. The molecule has 0 rings (SSSR count). The number of thioether (sulfide) groups is 1. The summed E-state index contributed by atoms with van der Waals surface area (Å²) in [6.07, 6.45) is 1.00. The maximum atomic E-state index is 3.03. The van der Waals surface area contributed by atoms with Gasteiger partial charge in [0.05, 0.1) is 0 Å². The molecule has 0 bridgehead atoms. The Hall–Kier alpha value is 0.390. The number of hydrogen-bond donors (Lipinski definition) is 0. The molecule has 0 atom stereocenters. The second-order valence-electron chi connectivity index (χ2n) is 1.22. The number of hydrogen-bond acceptors (Lipinski definition) is 1. The van der Waals surface area contributed by atoms with Crippen molar-refractivity contribution in [3.8, 4) is 10.8 Å². The Bertz CT molecular complexity index is 90.4. The molecule has 0 unspecified atom stereocenters. The van der Waals surface area contributed by atoms with Gasteiger partial charge in [-0.15, -0.1) is 0 Å². The van der Waals surface area contributed by atoms with E-state index in [4.69, 9.17) is 0 Å². The molecule has 0 aromatic heterocycles. The zero-order valence-electron chi connectivity index (χ0n) is 4.91. The van der Waals surface area contributed by atoms with E-state index in [-0.39, 0.29) is 0 Å². The van der Waals surface area contributed by atoms with Gasteiger partial charge in [0.15, 0.2) is 0 Å². The van der Waals surface area contributed by atoms with Crippen LogP contribution in [0.25, 0.3) is 0 Å². The minimum Gasteiger partial charge on any atom is -0.161 e. The van der Waals surface area contributed by atoms with Crippen molar-refractivity contribution in [3.63, 3.8) is 0 Å². The zero-order chi connectivity index (χ0) is 6.24. The number of rotatable bonds is 3. The largest absolute Gasteiger partial charge is 0.161 e. The fourth-order valence-electron chi connectivity index (χ4n) is 0.315. The van der Waals surface area contributed by atoms with Crippen LogP contribution in [-0.4, -0.2) is 11.5 Å². The Labute approximate surface area is 63.6 Å². The van der Waals surface area contributed by atoms with E-state index in [0.717, 1.165) is 12.2 Å². The molecular formula is C6H9BrS. The van der Waals surface area contributed by atoms with E-state index in [9.17, 15) is 0 Å². The van der Waals surface area contributed by atoms with Gasteiger partial charge >= 0.3 is 0 Å². The van der Waals surface area contributed by atoms with Crippen molar-refractivity contribution in [2.75, 3.05) is 11.5 Å². The molecule has 0 aromatic carbocycles. The molecule has 0 amide bonds. The molecule has 0 radical (unpaired) electrons. The maximum Gasteiger partial charge on any atom is 0.0189 e. The first kappa shape index (κ1) is 8.39. The summed E-state index contributed by atoms with van der Waals surface area (Å²) in [6, 6.07) is 0. The average Bonchev–Trinajstić information content (AvgIpc) is 1.81. The van der Waals surface area contributed by atoms with Crippen molar-refractivity contribution in [2.45, 2.75) is 13.3 Å². The van der Waals surface area contributed by atoms with Crippen LogP contribution in [0.4, 0.5) is 0 Å². The lowest BCUT2D eigenvalue weighted by Crippen LogP contribution is -1.74. The van der Waals surface area contributed by atoms with Crippen molar-refractivity contribution in [3.05, 3.63) is 0 Å². The topological polar surface area (TPSA) is 0 Å². The Morgan fingerprint density at radius 3 is 2.88 bits per heavy atom. The molecule has 46 valence electrons. The highest BCUT2D eigenvalue weighted by Crippen LogP contribution is 1.99. The van der Waals surface area contributed by atoms with E-state index in [1.165, 1.54) is 5.75 Å². The van der Waals surface area contributed by atoms with Gasteiger partial charge in [-0.25, -0.2) is 0 Å². The molecule has 0 heterocycles. The summed E-state index contributed by atoms with van der Waals surface area (Å²) in [4.78, 5) is 2.68. The van der Waals surface area contributed by atoms with Crippen molar-refractivity contribution >= 4 is 27.7 Å². The second-order valence-corrected chi connectivity index (χ2v) is 3.01. The van der Waals surface area contributed by atoms with Gasteiger partial charge in [0.1, 0.15) is 0 Å². The summed E-state index contributed by atoms with van der Waals surface area (Å²) in [5.41, 5.74) is 0. The summed E-state index contributed by atoms with van der Waals surface area (Å²) in [7, 11) is 0. The highest BCUT2D eigenvalue weighted by molar-refractivity contribution is 9.12. The molecule has 0 saturated heterocycles. The zero-order valence-corrected chi connectivity index (χ0v) is 7.31. The summed E-state index contributed by atoms with van der Waals surface area (Å²) in [5, 5.41) is 0. The average molecular weight is 193 g/mol. The van der Waals surface area contributed by atoms with Crippen LogP contribution in [0, 0.1) is 10.8 Å². The fourth-order valence-corrected chi connectivity index (χ4v) is 1.05. The van der Waals surface area contributed by atoms with Crippen molar-refractivity contribution in [1.29, 1.82) is 0 Å². The molecule has 0 fully saturated rings. The Morgan fingerprint density at radius 1 is 1.62 bits per heavy atom. The van der Waals surface area contributed by atoms with E-state index in [1.807, 2.05) is 11.8 Å². The van der Waals surface area contributed by atoms with E-state index in [0.29, 0.717) is 0 Å². The smallest absolute Gasteiger partial charge is 0.0189 e. The van der Waals surface area contributed by atoms with Gasteiger partial charge in [0.25, 0.3) is 0 Å². The van der Waals surface area contributed by atoms with Gasteiger partial charge in [0.2, 0.25) is 0 Å². The lowest BCUT2D eigenvalue weighted by Gasteiger charge is -1.87. The molecule has 0 saturated carbocycles. The molecule has 0 spiro atoms. The summed E-state index contributed by atoms with van der Waals surface area (Å²) in [6.45, 7) is 2.16. The van der Waals surface area contributed by atoms with Gasteiger partial charge in [-0.05, 0) is 10.6 Å². The van der Waals surface area contributed by atoms with E-state index >= 15 is 0 Å². The molecule has 8 heavy (non-hydrogen) atoms. The third-order valence-corrected chi connectivity index (χ3v) is 1.82. The normalized spacial score (nSPS) is 7.75. The van der Waals surface area contributed by atoms with Crippen molar-refractivity contribution in [2.24, 2.45) is 0 Å². The van der Waals surface area contributed by atoms with Crippen LogP contribution in [0.2, 0.25) is 0 Å². The lowest BCUT2D eigenvalue weighted by atomic mass is 10.5. The second kappa shape index (κ2) is 7.39. The molecule has 0 N–H and O–H groups in total. The summed E-state index contributed by atoms with van der Waals surface area (Å²) >= 11 is 4.96. The predicted octanol–water partition coefficient (Wildman–Crippen LogP) is 2.49. The molecular weight excluding hydrogens is 184 g/mol. The first-order valence-corrected chi connectivity index (χ1v) is 4.52.